The average molecular weight is 523 g/mol. The first-order valence-electron chi connectivity index (χ1n) is 12.9. The third-order valence-corrected chi connectivity index (χ3v) is 9.21. The zero-order valence-corrected chi connectivity index (χ0v) is 23.8. The van der Waals surface area contributed by atoms with E-state index in [0.29, 0.717) is 18.5 Å². The smallest absolute Gasteiger partial charge is 0.410 e. The maximum atomic E-state index is 13.5. The summed E-state index contributed by atoms with van der Waals surface area (Å²) in [5.41, 5.74) is -0.600. The van der Waals surface area contributed by atoms with Crippen molar-refractivity contribution in [1.82, 2.24) is 9.80 Å². The molecule has 0 aromatic heterocycles. The van der Waals surface area contributed by atoms with E-state index in [0.717, 1.165) is 6.42 Å². The molecule has 0 aromatic carbocycles. The Morgan fingerprint density at radius 2 is 1.92 bits per heavy atom. The fraction of sp³-hybridized carbons (Fsp3) is 0.731. The van der Waals surface area contributed by atoms with Crippen LogP contribution in [0.4, 0.5) is 4.79 Å². The van der Waals surface area contributed by atoms with Crippen LogP contribution in [0.25, 0.3) is 0 Å². The first-order chi connectivity index (χ1) is 16.7. The van der Waals surface area contributed by atoms with Gasteiger partial charge in [-0.3, -0.25) is 4.79 Å². The van der Waals surface area contributed by atoms with E-state index in [9.17, 15) is 24.6 Å². The van der Waals surface area contributed by atoms with E-state index < -0.39 is 44.8 Å². The van der Waals surface area contributed by atoms with Crippen molar-refractivity contribution in [2.75, 3.05) is 13.2 Å². The molecule has 3 aliphatic rings. The molecule has 9 nitrogen and oxygen atoms in total. The van der Waals surface area contributed by atoms with Crippen LogP contribution in [0.1, 0.15) is 53.9 Å². The zero-order valence-electron chi connectivity index (χ0n) is 22.6. The molecule has 36 heavy (non-hydrogen) atoms. The van der Waals surface area contributed by atoms with E-state index in [1.54, 1.807) is 0 Å². The number of carboxylic acids is 1. The number of carbonyl (C=O) groups is 3. The molecular formula is C26H42N2O7Si. The molecular weight excluding hydrogens is 480 g/mol. The van der Waals surface area contributed by atoms with Crippen LogP contribution >= 0.6 is 0 Å². The SMILES string of the molecule is C=CCOC(=O)N1CCC[C@H]1C(O)CC1=C(C(=O)O)N2C(=O)[C@H]([C@@](C)(O[SiH](C)C)C(C)(C)C)[C@H]2[C@H]1C. The van der Waals surface area contributed by atoms with Crippen molar-refractivity contribution in [3.63, 3.8) is 0 Å². The fourth-order valence-corrected chi connectivity index (χ4v) is 7.62. The molecule has 2 amide bonds. The van der Waals surface area contributed by atoms with Gasteiger partial charge in [-0.05, 0) is 50.3 Å². The second kappa shape index (κ2) is 10.3. The minimum atomic E-state index is -1.53. The van der Waals surface area contributed by atoms with E-state index in [1.165, 1.54) is 15.9 Å². The van der Waals surface area contributed by atoms with Gasteiger partial charge in [0.15, 0.2) is 9.04 Å². The van der Waals surface area contributed by atoms with E-state index in [2.05, 4.69) is 40.4 Å². The molecule has 0 radical (unpaired) electrons. The van der Waals surface area contributed by atoms with E-state index >= 15 is 0 Å². The first-order valence-corrected chi connectivity index (χ1v) is 15.6. The van der Waals surface area contributed by atoms with Gasteiger partial charge in [0.1, 0.15) is 12.3 Å². The lowest BCUT2D eigenvalue weighted by Crippen LogP contribution is -2.71. The van der Waals surface area contributed by atoms with Crippen molar-refractivity contribution in [3.8, 4) is 0 Å². The summed E-state index contributed by atoms with van der Waals surface area (Å²) in [6.45, 7) is 18.3. The Bertz CT molecular complexity index is 943. The van der Waals surface area contributed by atoms with Crippen LogP contribution in [0.3, 0.4) is 0 Å². The third-order valence-electron chi connectivity index (χ3n) is 8.25. The summed E-state index contributed by atoms with van der Waals surface area (Å²) >= 11 is 0. The summed E-state index contributed by atoms with van der Waals surface area (Å²) in [6, 6.07) is -0.827. The van der Waals surface area contributed by atoms with Crippen LogP contribution in [0.5, 0.6) is 0 Å². The van der Waals surface area contributed by atoms with E-state index in [-0.39, 0.29) is 42.0 Å². The maximum absolute atomic E-state index is 13.5. The van der Waals surface area contributed by atoms with E-state index in [1.807, 2.05) is 13.8 Å². The Hall–Kier alpha value is -2.17. The van der Waals surface area contributed by atoms with Crippen molar-refractivity contribution < 1.29 is 33.8 Å². The van der Waals surface area contributed by atoms with Crippen molar-refractivity contribution in [2.24, 2.45) is 17.3 Å². The Balaban J connectivity index is 1.89. The molecule has 0 aliphatic carbocycles. The molecule has 0 aromatic rings. The largest absolute Gasteiger partial charge is 0.477 e. The summed E-state index contributed by atoms with van der Waals surface area (Å²) in [6.07, 6.45) is 1.38. The molecule has 6 atom stereocenters. The molecule has 2 saturated heterocycles. The monoisotopic (exact) mass is 522 g/mol. The highest BCUT2D eigenvalue weighted by atomic mass is 28.3. The predicted octanol–water partition coefficient (Wildman–Crippen LogP) is 3.14. The lowest BCUT2D eigenvalue weighted by Gasteiger charge is -2.57. The number of likely N-dealkylation sites (tertiary alicyclic amines) is 1. The highest BCUT2D eigenvalue weighted by Crippen LogP contribution is 2.55. The second-order valence-corrected chi connectivity index (χ2v) is 14.0. The second-order valence-electron chi connectivity index (χ2n) is 11.7. The number of carbonyl (C=O) groups excluding carboxylic acids is 2. The summed E-state index contributed by atoms with van der Waals surface area (Å²) < 4.78 is 11.7. The van der Waals surface area contributed by atoms with Crippen LogP contribution < -0.4 is 0 Å². The molecule has 0 saturated carbocycles. The van der Waals surface area contributed by atoms with Gasteiger partial charge in [-0.25, -0.2) is 9.59 Å². The number of nitrogens with zero attached hydrogens (tertiary/aromatic N) is 2. The minimum Gasteiger partial charge on any atom is -0.477 e. The fourth-order valence-electron chi connectivity index (χ4n) is 6.14. The van der Waals surface area contributed by atoms with Gasteiger partial charge < -0.3 is 29.2 Å². The number of aliphatic carboxylic acids is 1. The Labute approximate surface area is 215 Å². The Morgan fingerprint density at radius 1 is 1.28 bits per heavy atom. The van der Waals surface area contributed by atoms with Gasteiger partial charge in [-0.1, -0.05) is 40.3 Å². The molecule has 3 rings (SSSR count). The molecule has 0 spiro atoms. The number of hydrogen-bond donors (Lipinski definition) is 2. The first kappa shape index (κ1) is 28.4. The molecule has 202 valence electrons. The summed E-state index contributed by atoms with van der Waals surface area (Å²) in [4.78, 5) is 41.3. The van der Waals surface area contributed by atoms with Gasteiger partial charge >= 0.3 is 12.1 Å². The van der Waals surface area contributed by atoms with Crippen LogP contribution in [0.15, 0.2) is 23.9 Å². The van der Waals surface area contributed by atoms with Crippen LogP contribution in [0, 0.1) is 17.3 Å². The molecule has 0 bridgehead atoms. The summed E-state index contributed by atoms with van der Waals surface area (Å²) in [5.74, 6) is -2.17. The Morgan fingerprint density at radius 3 is 2.44 bits per heavy atom. The number of hydrogen-bond acceptors (Lipinski definition) is 6. The number of ether oxygens (including phenoxy) is 1. The van der Waals surface area contributed by atoms with Gasteiger partial charge in [0.25, 0.3) is 0 Å². The molecule has 2 fully saturated rings. The highest BCUT2D eigenvalue weighted by Gasteiger charge is 2.66. The maximum Gasteiger partial charge on any atom is 0.410 e. The van der Waals surface area contributed by atoms with Crippen LogP contribution in [-0.4, -0.2) is 84.0 Å². The van der Waals surface area contributed by atoms with Gasteiger partial charge in [0.2, 0.25) is 5.91 Å². The number of amides is 2. The summed E-state index contributed by atoms with van der Waals surface area (Å²) in [7, 11) is -1.53. The molecule has 3 aliphatic heterocycles. The van der Waals surface area contributed by atoms with E-state index in [4.69, 9.17) is 9.16 Å². The number of aliphatic hydroxyl groups is 1. The number of rotatable bonds is 9. The van der Waals surface area contributed by atoms with Crippen molar-refractivity contribution in [1.29, 1.82) is 0 Å². The minimum absolute atomic E-state index is 0.0374. The van der Waals surface area contributed by atoms with Gasteiger partial charge in [0, 0.05) is 12.5 Å². The van der Waals surface area contributed by atoms with Crippen LogP contribution in [-0.2, 0) is 18.8 Å². The highest BCUT2D eigenvalue weighted by molar-refractivity contribution is 6.48. The van der Waals surface area contributed by atoms with Crippen LogP contribution in [0.2, 0.25) is 13.1 Å². The average Bonchev–Trinajstić information content (AvgIpc) is 3.33. The van der Waals surface area contributed by atoms with Crippen molar-refractivity contribution in [2.45, 2.75) is 90.8 Å². The summed E-state index contributed by atoms with van der Waals surface area (Å²) in [5, 5.41) is 21.3. The van der Waals surface area contributed by atoms with Gasteiger partial charge in [-0.2, -0.15) is 0 Å². The standard InChI is InChI=1S/C26H42N2O7Si/c1-9-13-34-24(33)27-12-10-11-17(27)18(29)14-16-15(2)20-19(22(30)28(20)21(16)23(31)32)26(6,25(3,4)5)35-36(7)8/h9,15,17-20,29,36H,1,10-14H2,2-8H3,(H,31,32)/t15-,17-,18?,19+,20+,26+/m0/s1. The molecule has 3 heterocycles. The lowest BCUT2D eigenvalue weighted by atomic mass is 9.62. The number of β-lactam (4-membered cyclic amide) rings is 1. The zero-order chi connectivity index (χ0) is 27.2. The molecule has 2 N–H and O–H groups in total. The lowest BCUT2D eigenvalue weighted by molar-refractivity contribution is -0.183. The molecule has 10 heteroatoms. The number of aliphatic hydroxyl groups excluding tert-OH is 1. The van der Waals surface area contributed by atoms with Gasteiger partial charge in [0.05, 0.1) is 29.7 Å². The number of fused-ring (bicyclic) bond motifs is 1. The third kappa shape index (κ3) is 4.75. The van der Waals surface area contributed by atoms with Crippen molar-refractivity contribution in [3.05, 3.63) is 23.9 Å². The predicted molar refractivity (Wildman–Crippen MR) is 138 cm³/mol. The van der Waals surface area contributed by atoms with Gasteiger partial charge in [-0.15, -0.1) is 0 Å². The normalized spacial score (nSPS) is 28.6. The number of carboxylic acid groups (broad SMARTS) is 1. The van der Waals surface area contributed by atoms with Crippen molar-refractivity contribution >= 4 is 27.0 Å². The topological polar surface area (TPSA) is 117 Å². The Kier molecular flexibility index (Phi) is 8.12. The quantitative estimate of drug-likeness (QED) is 0.271. The molecule has 1 unspecified atom stereocenters.